The molecule has 0 N–H and O–H groups in total. The molecule has 0 radical (unpaired) electrons. The zero-order chi connectivity index (χ0) is 19.1. The van der Waals surface area contributed by atoms with Crippen molar-refractivity contribution in [2.75, 3.05) is 0 Å². The first kappa shape index (κ1) is 21.6. The van der Waals surface area contributed by atoms with Gasteiger partial charge in [-0.05, 0) is 34.4 Å². The van der Waals surface area contributed by atoms with Crippen LogP contribution in [0.25, 0.3) is 0 Å². The summed E-state index contributed by atoms with van der Waals surface area (Å²) in [5.74, 6) is -1.43. The Kier molecular flexibility index (Phi) is 8.79. The zero-order valence-corrected chi connectivity index (χ0v) is 19.8. The van der Waals surface area contributed by atoms with Crippen LogP contribution in [0.3, 0.4) is 0 Å². The molecule has 0 fully saturated rings. The minimum atomic E-state index is -0.715. The Bertz CT molecular complexity index is 740. The van der Waals surface area contributed by atoms with Crippen molar-refractivity contribution < 1.29 is 19.4 Å². The van der Waals surface area contributed by atoms with Crippen LogP contribution >= 0.6 is 63.7 Å². The molecule has 2 aromatic carbocycles. The van der Waals surface area contributed by atoms with Gasteiger partial charge >= 0.3 is 11.9 Å². The van der Waals surface area contributed by atoms with Gasteiger partial charge in [0.1, 0.15) is 0 Å². The van der Waals surface area contributed by atoms with E-state index in [1.165, 1.54) is 0 Å². The highest BCUT2D eigenvalue weighted by Gasteiger charge is 2.20. The summed E-state index contributed by atoms with van der Waals surface area (Å²) in [5, 5.41) is 2.16. The zero-order valence-electron chi connectivity index (χ0n) is 13.4. The van der Waals surface area contributed by atoms with Crippen molar-refractivity contribution in [1.82, 2.24) is 0 Å². The summed E-state index contributed by atoms with van der Waals surface area (Å²) in [7, 11) is 0. The van der Waals surface area contributed by atoms with E-state index >= 15 is 0 Å². The number of benzene rings is 2. The standard InChI is InChI=1S/C18H14Br4O4/c19-7-11-3-1-5-13(15(11)9-21)17(23)25-26-18(24)14-6-2-4-12(8-20)16(14)10-22/h1-6H,7-10H2. The van der Waals surface area contributed by atoms with Gasteiger partial charge in [0, 0.05) is 21.3 Å². The first-order valence-corrected chi connectivity index (χ1v) is 11.9. The lowest BCUT2D eigenvalue weighted by atomic mass is 10.0. The van der Waals surface area contributed by atoms with Gasteiger partial charge in [0.05, 0.1) is 11.1 Å². The number of carbonyl (C=O) groups excluding carboxylic acids is 2. The molecule has 0 bridgehead atoms. The summed E-state index contributed by atoms with van der Waals surface area (Å²) >= 11 is 13.5. The van der Waals surface area contributed by atoms with Gasteiger partial charge in [-0.15, -0.1) is 0 Å². The number of halogens is 4. The molecule has 8 heteroatoms. The average Bonchev–Trinajstić information content (AvgIpc) is 2.69. The van der Waals surface area contributed by atoms with Gasteiger partial charge in [-0.25, -0.2) is 19.4 Å². The highest BCUT2D eigenvalue weighted by molar-refractivity contribution is 9.09. The van der Waals surface area contributed by atoms with E-state index in [0.717, 1.165) is 22.3 Å². The second-order valence-electron chi connectivity index (χ2n) is 5.16. The van der Waals surface area contributed by atoms with Crippen LogP contribution in [0.4, 0.5) is 0 Å². The summed E-state index contributed by atoms with van der Waals surface area (Å²) in [6.07, 6.45) is 0. The summed E-state index contributed by atoms with van der Waals surface area (Å²) in [4.78, 5) is 34.3. The highest BCUT2D eigenvalue weighted by atomic mass is 79.9. The molecule has 4 nitrogen and oxygen atoms in total. The van der Waals surface area contributed by atoms with Gasteiger partial charge in [0.15, 0.2) is 0 Å². The molecule has 0 aliphatic carbocycles. The molecule has 0 saturated heterocycles. The van der Waals surface area contributed by atoms with Crippen molar-refractivity contribution >= 4 is 75.7 Å². The molecular weight excluding hydrogens is 600 g/mol. The third-order valence-corrected chi connectivity index (χ3v) is 6.06. The number of rotatable bonds is 6. The van der Waals surface area contributed by atoms with Crippen molar-refractivity contribution in [1.29, 1.82) is 0 Å². The number of carbonyl (C=O) groups is 2. The quantitative estimate of drug-likeness (QED) is 0.221. The van der Waals surface area contributed by atoms with E-state index in [2.05, 4.69) is 63.7 Å². The lowest BCUT2D eigenvalue weighted by Crippen LogP contribution is -2.15. The fourth-order valence-electron chi connectivity index (χ4n) is 2.38. The van der Waals surface area contributed by atoms with Crippen molar-refractivity contribution in [3.8, 4) is 0 Å². The molecule has 0 amide bonds. The van der Waals surface area contributed by atoms with Crippen LogP contribution in [-0.4, -0.2) is 11.9 Å². The average molecular weight is 614 g/mol. The van der Waals surface area contributed by atoms with Gasteiger partial charge in [-0.3, -0.25) is 0 Å². The molecule has 0 atom stereocenters. The second kappa shape index (κ2) is 10.6. The predicted octanol–water partition coefficient (Wildman–Crippen LogP) is 6.20. The van der Waals surface area contributed by atoms with Crippen molar-refractivity contribution in [3.05, 3.63) is 69.8 Å². The van der Waals surface area contributed by atoms with Crippen LogP contribution in [0.5, 0.6) is 0 Å². The second-order valence-corrected chi connectivity index (χ2v) is 7.41. The largest absolute Gasteiger partial charge is 0.386 e. The molecule has 2 aromatic rings. The van der Waals surface area contributed by atoms with Gasteiger partial charge in [0.25, 0.3) is 0 Å². The molecule has 0 aromatic heterocycles. The third-order valence-electron chi connectivity index (χ3n) is 3.73. The van der Waals surface area contributed by atoms with E-state index in [1.54, 1.807) is 24.3 Å². The molecule has 2 rings (SSSR count). The van der Waals surface area contributed by atoms with Crippen molar-refractivity contribution in [2.24, 2.45) is 0 Å². The van der Waals surface area contributed by atoms with Gasteiger partial charge < -0.3 is 0 Å². The van der Waals surface area contributed by atoms with Crippen molar-refractivity contribution in [2.45, 2.75) is 21.3 Å². The first-order chi connectivity index (χ1) is 12.6. The molecule has 0 aliphatic heterocycles. The van der Waals surface area contributed by atoms with Crippen LogP contribution in [0, 0.1) is 0 Å². The topological polar surface area (TPSA) is 52.6 Å². The maximum atomic E-state index is 12.4. The van der Waals surface area contributed by atoms with E-state index in [0.29, 0.717) is 32.4 Å². The Balaban J connectivity index is 2.17. The molecular formula is C18H14Br4O4. The first-order valence-electron chi connectivity index (χ1n) is 7.45. The Morgan fingerprint density at radius 3 is 1.35 bits per heavy atom. The molecule has 0 saturated carbocycles. The van der Waals surface area contributed by atoms with Crippen molar-refractivity contribution in [3.63, 3.8) is 0 Å². The molecule has 0 spiro atoms. The summed E-state index contributed by atoms with van der Waals surface area (Å²) in [6, 6.07) is 10.6. The van der Waals surface area contributed by atoms with Crippen LogP contribution < -0.4 is 0 Å². The minimum absolute atomic E-state index is 0.349. The van der Waals surface area contributed by atoms with Crippen LogP contribution in [0.2, 0.25) is 0 Å². The van der Waals surface area contributed by atoms with Gasteiger partial charge in [0.2, 0.25) is 0 Å². The van der Waals surface area contributed by atoms with Gasteiger partial charge in [-0.2, -0.15) is 0 Å². The fraction of sp³-hybridized carbons (Fsp3) is 0.222. The Labute approximate surface area is 185 Å². The summed E-state index contributed by atoms with van der Waals surface area (Å²) in [5.41, 5.74) is 4.17. The summed E-state index contributed by atoms with van der Waals surface area (Å²) in [6.45, 7) is 0. The Morgan fingerprint density at radius 2 is 1.04 bits per heavy atom. The highest BCUT2D eigenvalue weighted by Crippen LogP contribution is 2.23. The van der Waals surface area contributed by atoms with E-state index in [1.807, 2.05) is 12.1 Å². The normalized spacial score (nSPS) is 10.5. The molecule has 26 heavy (non-hydrogen) atoms. The van der Waals surface area contributed by atoms with E-state index in [-0.39, 0.29) is 0 Å². The van der Waals surface area contributed by atoms with Crippen LogP contribution in [-0.2, 0) is 31.1 Å². The third kappa shape index (κ3) is 4.97. The molecule has 138 valence electrons. The van der Waals surface area contributed by atoms with E-state index < -0.39 is 11.9 Å². The van der Waals surface area contributed by atoms with Gasteiger partial charge in [-0.1, -0.05) is 88.0 Å². The van der Waals surface area contributed by atoms with E-state index in [4.69, 9.17) is 9.78 Å². The molecule has 0 aliphatic rings. The minimum Gasteiger partial charge on any atom is -0.241 e. The smallest absolute Gasteiger partial charge is 0.241 e. The predicted molar refractivity (Wildman–Crippen MR) is 114 cm³/mol. The Morgan fingerprint density at radius 1 is 0.654 bits per heavy atom. The Hall–Kier alpha value is -0.700. The maximum Gasteiger partial charge on any atom is 0.386 e. The maximum absolute atomic E-state index is 12.4. The number of hydrogen-bond acceptors (Lipinski definition) is 4. The lowest BCUT2D eigenvalue weighted by molar-refractivity contribution is -0.187. The van der Waals surface area contributed by atoms with Crippen LogP contribution in [0.1, 0.15) is 43.0 Å². The molecule has 0 heterocycles. The number of hydrogen-bond donors (Lipinski definition) is 0. The molecule has 0 unspecified atom stereocenters. The monoisotopic (exact) mass is 610 g/mol. The van der Waals surface area contributed by atoms with E-state index in [9.17, 15) is 9.59 Å². The lowest BCUT2D eigenvalue weighted by Gasteiger charge is -2.12. The number of alkyl halides is 4. The van der Waals surface area contributed by atoms with Crippen LogP contribution in [0.15, 0.2) is 36.4 Å². The summed E-state index contributed by atoms with van der Waals surface area (Å²) < 4.78 is 0. The fourth-order valence-corrected chi connectivity index (χ4v) is 4.76. The SMILES string of the molecule is O=C(OOC(=O)c1cccc(CBr)c1CBr)c1cccc(CBr)c1CBr.